The maximum atomic E-state index is 2.35. The van der Waals surface area contributed by atoms with Crippen molar-refractivity contribution in [1.29, 1.82) is 0 Å². The zero-order chi connectivity index (χ0) is 21.5. The molecule has 0 spiro atoms. The second-order valence-corrected chi connectivity index (χ2v) is 22.4. The Hall–Kier alpha value is 0.883. The van der Waals surface area contributed by atoms with Gasteiger partial charge in [-0.2, -0.15) is 0 Å². The van der Waals surface area contributed by atoms with Crippen LogP contribution in [0.1, 0.15) is 156 Å². The minimum atomic E-state index is -1.92. The molecular formula is C28H60Zr. The molecule has 176 valence electrons. The van der Waals surface area contributed by atoms with Gasteiger partial charge in [-0.1, -0.05) is 0 Å². The van der Waals surface area contributed by atoms with Crippen LogP contribution < -0.4 is 0 Å². The topological polar surface area (TPSA) is 0 Å². The van der Waals surface area contributed by atoms with Gasteiger partial charge in [-0.25, -0.2) is 0 Å². The van der Waals surface area contributed by atoms with E-state index < -0.39 is 20.3 Å². The molecule has 0 rings (SSSR count). The number of hydrogen-bond acceptors (Lipinski definition) is 0. The molecule has 0 nitrogen and oxygen atoms in total. The van der Waals surface area contributed by atoms with Crippen LogP contribution in [0.3, 0.4) is 0 Å². The molecule has 0 aliphatic carbocycles. The molecule has 0 fully saturated rings. The van der Waals surface area contributed by atoms with Gasteiger partial charge in [-0.05, 0) is 0 Å². The number of rotatable bonds is 24. The first kappa shape index (κ1) is 29.9. The molecule has 0 aliphatic rings. The third-order valence-electron chi connectivity index (χ3n) is 7.24. The van der Waals surface area contributed by atoms with Crippen molar-refractivity contribution in [2.24, 2.45) is 0 Å². The van der Waals surface area contributed by atoms with Crippen LogP contribution >= 0.6 is 0 Å². The molecule has 1 heteroatoms. The van der Waals surface area contributed by atoms with Crippen LogP contribution in [0.5, 0.6) is 0 Å². The first-order chi connectivity index (χ1) is 14.2. The van der Waals surface area contributed by atoms with Crippen molar-refractivity contribution in [2.45, 2.75) is 173 Å². The van der Waals surface area contributed by atoms with Gasteiger partial charge in [0.2, 0.25) is 0 Å². The molecule has 0 atom stereocenters. The van der Waals surface area contributed by atoms with Crippen LogP contribution in [0.4, 0.5) is 0 Å². The molecule has 0 N–H and O–H groups in total. The SMILES string of the molecule is CCCCCC[CH2][Zr]([CH2]CCCCCC)([CH2]CCCCCC)[CH2]CCCCCC. The molecule has 0 bridgehead atoms. The van der Waals surface area contributed by atoms with E-state index in [1.54, 1.807) is 42.2 Å². The van der Waals surface area contributed by atoms with E-state index in [0.29, 0.717) is 0 Å². The van der Waals surface area contributed by atoms with Crippen LogP contribution in [0.15, 0.2) is 0 Å². The third-order valence-corrected chi connectivity index (χ3v) is 21.1. The van der Waals surface area contributed by atoms with Gasteiger partial charge in [0.15, 0.2) is 0 Å². The summed E-state index contributed by atoms with van der Waals surface area (Å²) in [6.45, 7) is 9.41. The van der Waals surface area contributed by atoms with E-state index in [-0.39, 0.29) is 0 Å². The maximum absolute atomic E-state index is 2.35. The van der Waals surface area contributed by atoms with Crippen LogP contribution in [-0.2, 0) is 20.3 Å². The molecule has 0 saturated carbocycles. The Morgan fingerprint density at radius 1 is 0.276 bits per heavy atom. The van der Waals surface area contributed by atoms with Crippen molar-refractivity contribution in [3.05, 3.63) is 0 Å². The summed E-state index contributed by atoms with van der Waals surface area (Å²) in [5.41, 5.74) is 0. The second kappa shape index (κ2) is 23.5. The molecule has 0 amide bonds. The normalized spacial score (nSPS) is 12.0. The second-order valence-electron chi connectivity index (χ2n) is 10.2. The van der Waals surface area contributed by atoms with E-state index in [1.165, 1.54) is 103 Å². The fourth-order valence-corrected chi connectivity index (χ4v) is 18.7. The monoisotopic (exact) mass is 486 g/mol. The average molecular weight is 488 g/mol. The van der Waals surface area contributed by atoms with Crippen molar-refractivity contribution in [1.82, 2.24) is 0 Å². The predicted octanol–water partition coefficient (Wildman–Crippen LogP) is 11.7. The van der Waals surface area contributed by atoms with E-state index in [4.69, 9.17) is 0 Å². The summed E-state index contributed by atoms with van der Waals surface area (Å²) < 4.78 is 6.98. The van der Waals surface area contributed by atoms with Gasteiger partial charge < -0.3 is 0 Å². The van der Waals surface area contributed by atoms with E-state index >= 15 is 0 Å². The molecule has 0 aliphatic heterocycles. The quantitative estimate of drug-likeness (QED) is 0.119. The standard InChI is InChI=1S/4C7H15.Zr/c4*1-3-5-7-6-4-2;/h4*1,3-7H2,2H3;. The Bertz CT molecular complexity index is 237. The molecule has 0 unspecified atom stereocenters. The third kappa shape index (κ3) is 19.3. The average Bonchev–Trinajstić information content (AvgIpc) is 2.73. The first-order valence-corrected chi connectivity index (χ1v) is 21.2. The number of hydrogen-bond donors (Lipinski definition) is 0. The van der Waals surface area contributed by atoms with Crippen LogP contribution in [0, 0.1) is 0 Å². The predicted molar refractivity (Wildman–Crippen MR) is 134 cm³/mol. The van der Waals surface area contributed by atoms with Crippen molar-refractivity contribution in [2.75, 3.05) is 0 Å². The Morgan fingerprint density at radius 2 is 0.483 bits per heavy atom. The summed E-state index contributed by atoms with van der Waals surface area (Å²) in [5, 5.41) is 0. The Balaban J connectivity index is 4.69. The van der Waals surface area contributed by atoms with Crippen LogP contribution in [0.25, 0.3) is 0 Å². The summed E-state index contributed by atoms with van der Waals surface area (Å²) in [4.78, 5) is 0. The molecule has 0 heterocycles. The number of unbranched alkanes of at least 4 members (excludes halogenated alkanes) is 16. The van der Waals surface area contributed by atoms with E-state index in [0.717, 1.165) is 0 Å². The fourth-order valence-electron chi connectivity index (χ4n) is 5.16. The van der Waals surface area contributed by atoms with Crippen molar-refractivity contribution < 1.29 is 20.3 Å². The Kier molecular flexibility index (Phi) is 24.3. The van der Waals surface area contributed by atoms with Gasteiger partial charge in [0.05, 0.1) is 0 Å². The molecule has 0 radical (unpaired) electrons. The van der Waals surface area contributed by atoms with Crippen molar-refractivity contribution >= 4 is 0 Å². The Morgan fingerprint density at radius 3 is 0.690 bits per heavy atom. The zero-order valence-corrected chi connectivity index (χ0v) is 23.9. The van der Waals surface area contributed by atoms with Gasteiger partial charge in [-0.3, -0.25) is 0 Å². The zero-order valence-electron chi connectivity index (χ0n) is 21.5. The van der Waals surface area contributed by atoms with Gasteiger partial charge in [0.1, 0.15) is 0 Å². The summed E-state index contributed by atoms with van der Waals surface area (Å²) in [7, 11) is 0. The van der Waals surface area contributed by atoms with Crippen LogP contribution in [-0.4, -0.2) is 0 Å². The molecule has 0 aromatic rings. The van der Waals surface area contributed by atoms with Gasteiger partial charge >= 0.3 is 193 Å². The molecule has 29 heavy (non-hydrogen) atoms. The van der Waals surface area contributed by atoms with Crippen molar-refractivity contribution in [3.63, 3.8) is 0 Å². The molecule has 0 saturated heterocycles. The molecule has 0 aromatic heterocycles. The van der Waals surface area contributed by atoms with Gasteiger partial charge in [0, 0.05) is 0 Å². The minimum absolute atomic E-state index is 1.39. The summed E-state index contributed by atoms with van der Waals surface area (Å²) in [5.74, 6) is 0. The van der Waals surface area contributed by atoms with Crippen LogP contribution in [0.2, 0.25) is 16.5 Å². The summed E-state index contributed by atoms with van der Waals surface area (Å²) >= 11 is -1.92. The molecular weight excluding hydrogens is 428 g/mol. The summed E-state index contributed by atoms with van der Waals surface area (Å²) in [6, 6.07) is 0. The summed E-state index contributed by atoms with van der Waals surface area (Å²) in [6.07, 6.45) is 29.9. The van der Waals surface area contributed by atoms with E-state index in [2.05, 4.69) is 27.7 Å². The first-order valence-electron chi connectivity index (χ1n) is 14.2. The van der Waals surface area contributed by atoms with Crippen molar-refractivity contribution in [3.8, 4) is 0 Å². The van der Waals surface area contributed by atoms with Gasteiger partial charge in [0.25, 0.3) is 0 Å². The van der Waals surface area contributed by atoms with E-state index in [9.17, 15) is 0 Å². The molecule has 0 aromatic carbocycles. The Labute approximate surface area is 192 Å². The van der Waals surface area contributed by atoms with Gasteiger partial charge in [-0.15, -0.1) is 0 Å². The fraction of sp³-hybridized carbons (Fsp3) is 1.00. The van der Waals surface area contributed by atoms with E-state index in [1.807, 2.05) is 0 Å².